The summed E-state index contributed by atoms with van der Waals surface area (Å²) in [6.45, 7) is 0.662. The van der Waals surface area contributed by atoms with Gasteiger partial charge in [-0.3, -0.25) is 4.79 Å². The molecular formula is C24H25ClN2O3S. The minimum Gasteiger partial charge on any atom is -0.354 e. The molecule has 1 aromatic heterocycles. The van der Waals surface area contributed by atoms with Crippen LogP contribution < -0.4 is 5.32 Å². The summed E-state index contributed by atoms with van der Waals surface area (Å²) >= 11 is 5.91. The number of allylic oxidation sites excluding steroid dienone is 1. The van der Waals surface area contributed by atoms with Gasteiger partial charge in [0.25, 0.3) is 0 Å². The molecule has 0 spiro atoms. The minimum absolute atomic E-state index is 0.0652. The van der Waals surface area contributed by atoms with Gasteiger partial charge in [0, 0.05) is 28.7 Å². The molecule has 3 aromatic rings. The molecule has 0 fully saturated rings. The SMILES string of the molecule is O=C(Cn1cc(S(=O)(=O)c2ccc(Cl)cc2)c2ccccc21)NCCC1=CCCCC1. The summed E-state index contributed by atoms with van der Waals surface area (Å²) in [6, 6.07) is 13.3. The molecular weight excluding hydrogens is 432 g/mol. The summed E-state index contributed by atoms with van der Waals surface area (Å²) in [4.78, 5) is 12.9. The number of fused-ring (bicyclic) bond motifs is 1. The number of nitrogens with zero attached hydrogens (tertiary/aromatic N) is 1. The molecule has 0 atom stereocenters. The van der Waals surface area contributed by atoms with Crippen molar-refractivity contribution in [1.29, 1.82) is 0 Å². The van der Waals surface area contributed by atoms with Crippen LogP contribution in [-0.2, 0) is 21.2 Å². The first kappa shape index (κ1) is 21.7. The number of nitrogens with one attached hydrogen (secondary N) is 1. The lowest BCUT2D eigenvalue weighted by molar-refractivity contribution is -0.121. The van der Waals surface area contributed by atoms with Crippen LogP contribution in [0.25, 0.3) is 10.9 Å². The van der Waals surface area contributed by atoms with Gasteiger partial charge in [0.1, 0.15) is 6.54 Å². The van der Waals surface area contributed by atoms with Crippen molar-refractivity contribution in [3.8, 4) is 0 Å². The lowest BCUT2D eigenvalue weighted by Crippen LogP contribution is -2.28. The Balaban J connectivity index is 1.54. The van der Waals surface area contributed by atoms with Crippen LogP contribution in [0.15, 0.2) is 76.2 Å². The zero-order valence-corrected chi connectivity index (χ0v) is 18.8. The first-order valence-electron chi connectivity index (χ1n) is 10.5. The smallest absolute Gasteiger partial charge is 0.239 e. The molecule has 1 aliphatic carbocycles. The molecule has 5 nitrogen and oxygen atoms in total. The third-order valence-corrected chi connectivity index (χ3v) is 7.68. The second kappa shape index (κ2) is 9.28. The van der Waals surface area contributed by atoms with E-state index in [0.717, 1.165) is 19.3 Å². The van der Waals surface area contributed by atoms with E-state index in [4.69, 9.17) is 11.6 Å². The Labute approximate surface area is 187 Å². The average molecular weight is 457 g/mol. The maximum absolute atomic E-state index is 13.2. The lowest BCUT2D eigenvalue weighted by Gasteiger charge is -2.13. The predicted molar refractivity (Wildman–Crippen MR) is 123 cm³/mol. The molecule has 31 heavy (non-hydrogen) atoms. The highest BCUT2D eigenvalue weighted by molar-refractivity contribution is 7.91. The van der Waals surface area contributed by atoms with E-state index >= 15 is 0 Å². The van der Waals surface area contributed by atoms with Crippen LogP contribution in [0, 0.1) is 0 Å². The Morgan fingerprint density at radius 2 is 1.84 bits per heavy atom. The molecule has 0 bridgehead atoms. The number of amides is 1. The van der Waals surface area contributed by atoms with Gasteiger partial charge in [-0.2, -0.15) is 0 Å². The summed E-state index contributed by atoms with van der Waals surface area (Å²) in [5.74, 6) is -0.132. The number of para-hydroxylation sites is 1. The molecule has 7 heteroatoms. The second-order valence-corrected chi connectivity index (χ2v) is 10.2. The van der Waals surface area contributed by atoms with E-state index in [0.29, 0.717) is 22.5 Å². The predicted octanol–water partition coefficient (Wildman–Crippen LogP) is 5.13. The molecule has 0 saturated carbocycles. The van der Waals surface area contributed by atoms with Gasteiger partial charge < -0.3 is 9.88 Å². The van der Waals surface area contributed by atoms with Gasteiger partial charge in [0.05, 0.1) is 9.79 Å². The first-order chi connectivity index (χ1) is 14.9. The highest BCUT2D eigenvalue weighted by atomic mass is 35.5. The van der Waals surface area contributed by atoms with Crippen molar-refractivity contribution >= 4 is 38.2 Å². The molecule has 1 amide bonds. The fourth-order valence-electron chi connectivity index (χ4n) is 4.00. The molecule has 1 aliphatic rings. The van der Waals surface area contributed by atoms with Gasteiger partial charge in [-0.15, -0.1) is 0 Å². The normalized spacial score (nSPS) is 14.4. The van der Waals surface area contributed by atoms with Crippen LogP contribution in [0.5, 0.6) is 0 Å². The number of rotatable bonds is 7. The van der Waals surface area contributed by atoms with E-state index in [-0.39, 0.29) is 22.2 Å². The molecule has 0 unspecified atom stereocenters. The number of hydrogen-bond donors (Lipinski definition) is 1. The molecule has 4 rings (SSSR count). The Hall–Kier alpha value is -2.57. The number of sulfone groups is 1. The number of carbonyl (C=O) groups is 1. The highest BCUT2D eigenvalue weighted by Crippen LogP contribution is 2.30. The van der Waals surface area contributed by atoms with Gasteiger partial charge in [-0.05, 0) is 62.4 Å². The average Bonchev–Trinajstić information content (AvgIpc) is 3.14. The minimum atomic E-state index is -3.75. The number of hydrogen-bond acceptors (Lipinski definition) is 3. The topological polar surface area (TPSA) is 68.2 Å². The molecule has 1 N–H and O–H groups in total. The molecule has 162 valence electrons. The van der Waals surface area contributed by atoms with E-state index in [1.807, 2.05) is 12.1 Å². The number of aromatic nitrogens is 1. The van der Waals surface area contributed by atoms with Crippen molar-refractivity contribution in [2.45, 2.75) is 48.4 Å². The number of benzene rings is 2. The maximum Gasteiger partial charge on any atom is 0.239 e. The first-order valence-corrected chi connectivity index (χ1v) is 12.3. The highest BCUT2D eigenvalue weighted by Gasteiger charge is 2.23. The van der Waals surface area contributed by atoms with Gasteiger partial charge in [0.2, 0.25) is 15.7 Å². The second-order valence-electron chi connectivity index (χ2n) is 7.80. The van der Waals surface area contributed by atoms with Crippen LogP contribution in [0.1, 0.15) is 32.1 Å². The molecule has 0 radical (unpaired) electrons. The van der Waals surface area contributed by atoms with Crippen molar-refractivity contribution in [3.05, 3.63) is 71.4 Å². The Kier molecular flexibility index (Phi) is 6.49. The van der Waals surface area contributed by atoms with Crippen molar-refractivity contribution in [3.63, 3.8) is 0 Å². The van der Waals surface area contributed by atoms with Gasteiger partial charge in [-0.1, -0.05) is 41.4 Å². The van der Waals surface area contributed by atoms with Gasteiger partial charge >= 0.3 is 0 Å². The quantitative estimate of drug-likeness (QED) is 0.501. The third-order valence-electron chi connectivity index (χ3n) is 5.63. The Morgan fingerprint density at radius 3 is 2.58 bits per heavy atom. The largest absolute Gasteiger partial charge is 0.354 e. The molecule has 2 aromatic carbocycles. The monoisotopic (exact) mass is 456 g/mol. The fraction of sp³-hybridized carbons (Fsp3) is 0.292. The zero-order chi connectivity index (χ0) is 21.8. The Bertz CT molecular complexity index is 1230. The maximum atomic E-state index is 13.2. The standard InChI is InChI=1S/C24H25ClN2O3S/c25-19-10-12-20(13-11-19)31(29,30)23-16-27(22-9-5-4-8-21(22)23)17-24(28)26-15-14-18-6-2-1-3-7-18/h4-6,8-13,16H,1-3,7,14-15,17H2,(H,26,28). The third kappa shape index (κ3) is 4.86. The van der Waals surface area contributed by atoms with Crippen molar-refractivity contribution in [1.82, 2.24) is 9.88 Å². The van der Waals surface area contributed by atoms with Gasteiger partial charge in [0.15, 0.2) is 0 Å². The lowest BCUT2D eigenvalue weighted by atomic mass is 9.97. The fourth-order valence-corrected chi connectivity index (χ4v) is 5.61. The molecule has 0 saturated heterocycles. The van der Waals surface area contributed by atoms with E-state index in [1.54, 1.807) is 35.0 Å². The summed E-state index contributed by atoms with van der Waals surface area (Å²) in [7, 11) is -3.75. The van der Waals surface area contributed by atoms with Crippen LogP contribution >= 0.6 is 11.6 Å². The summed E-state index contributed by atoms with van der Waals surface area (Å²) < 4.78 is 28.2. The van der Waals surface area contributed by atoms with Crippen LogP contribution in [-0.4, -0.2) is 25.4 Å². The number of halogens is 1. The molecule has 0 aliphatic heterocycles. The zero-order valence-electron chi connectivity index (χ0n) is 17.2. The Morgan fingerprint density at radius 1 is 1.06 bits per heavy atom. The van der Waals surface area contributed by atoms with E-state index < -0.39 is 9.84 Å². The van der Waals surface area contributed by atoms with Crippen LogP contribution in [0.2, 0.25) is 5.02 Å². The summed E-state index contributed by atoms with van der Waals surface area (Å²) in [5, 5.41) is 4.03. The van der Waals surface area contributed by atoms with Crippen LogP contribution in [0.4, 0.5) is 0 Å². The van der Waals surface area contributed by atoms with Gasteiger partial charge in [-0.25, -0.2) is 8.42 Å². The summed E-state index contributed by atoms with van der Waals surface area (Å²) in [5.41, 5.74) is 2.12. The van der Waals surface area contributed by atoms with Crippen molar-refractivity contribution < 1.29 is 13.2 Å². The summed E-state index contributed by atoms with van der Waals surface area (Å²) in [6.07, 6.45) is 9.42. The van der Waals surface area contributed by atoms with E-state index in [9.17, 15) is 13.2 Å². The number of carbonyl (C=O) groups excluding carboxylic acids is 1. The van der Waals surface area contributed by atoms with Crippen molar-refractivity contribution in [2.75, 3.05) is 6.54 Å². The van der Waals surface area contributed by atoms with E-state index in [2.05, 4.69) is 11.4 Å². The molecule has 1 heterocycles. The van der Waals surface area contributed by atoms with Crippen molar-refractivity contribution in [2.24, 2.45) is 0 Å². The van der Waals surface area contributed by atoms with Crippen LogP contribution in [0.3, 0.4) is 0 Å². The van der Waals surface area contributed by atoms with E-state index in [1.165, 1.54) is 30.5 Å².